The lowest BCUT2D eigenvalue weighted by Crippen LogP contribution is -1.66. The molecule has 5 heteroatoms. The summed E-state index contributed by atoms with van der Waals surface area (Å²) in [6.07, 6.45) is 2.96. The first-order valence-electron chi connectivity index (χ1n) is 2.31. The quantitative estimate of drug-likeness (QED) is 0.383. The number of hydrogen-bond acceptors (Lipinski definition) is 1. The first-order valence-corrected chi connectivity index (χ1v) is 3.87. The maximum Gasteiger partial charge on any atom is 0.466 e. The van der Waals surface area contributed by atoms with E-state index < -0.39 is 7.82 Å². The van der Waals surface area contributed by atoms with Crippen molar-refractivity contribution in [1.29, 1.82) is 0 Å². The van der Waals surface area contributed by atoms with E-state index in [1.165, 1.54) is 0 Å². The Morgan fingerprint density at radius 3 is 1.67 bits per heavy atom. The van der Waals surface area contributed by atoms with Crippen LogP contribution in [0.2, 0.25) is 0 Å². The van der Waals surface area contributed by atoms with Gasteiger partial charge in [0, 0.05) is 0 Å². The molecule has 0 atom stereocenters. The normalized spacial score (nSPS) is 9.33. The molecule has 0 spiro atoms. The van der Waals surface area contributed by atoms with Crippen molar-refractivity contribution in [3.05, 3.63) is 12.7 Å². The molecular formula is C4H11O4P. The van der Waals surface area contributed by atoms with Gasteiger partial charge < -0.3 is 14.7 Å². The highest BCUT2D eigenvalue weighted by atomic mass is 31.2. The highest BCUT2D eigenvalue weighted by Gasteiger charge is 2.00. The fraction of sp³-hybridized carbons (Fsp3) is 0.500. The van der Waals surface area contributed by atoms with Crippen LogP contribution in [0.1, 0.15) is 13.3 Å². The zero-order chi connectivity index (χ0) is 7.91. The van der Waals surface area contributed by atoms with Crippen LogP contribution in [0.25, 0.3) is 0 Å². The fourth-order valence-corrected chi connectivity index (χ4v) is 0. The van der Waals surface area contributed by atoms with E-state index in [4.69, 9.17) is 19.2 Å². The number of allylic oxidation sites excluding steroid dienone is 1. The van der Waals surface area contributed by atoms with Gasteiger partial charge in [-0.15, -0.1) is 6.58 Å². The third-order valence-electron chi connectivity index (χ3n) is 0.289. The molecule has 0 bridgehead atoms. The van der Waals surface area contributed by atoms with Crippen LogP contribution in [-0.4, -0.2) is 14.7 Å². The van der Waals surface area contributed by atoms with E-state index in [1.54, 1.807) is 0 Å². The lowest BCUT2D eigenvalue weighted by molar-refractivity contribution is 0.275. The van der Waals surface area contributed by atoms with Gasteiger partial charge in [0.1, 0.15) is 0 Å². The summed E-state index contributed by atoms with van der Waals surface area (Å²) in [6.45, 7) is 5.54. The Hall–Kier alpha value is -0.150. The highest BCUT2D eigenvalue weighted by molar-refractivity contribution is 7.45. The molecule has 0 radical (unpaired) electrons. The summed E-state index contributed by atoms with van der Waals surface area (Å²) in [5.74, 6) is 0. The van der Waals surface area contributed by atoms with Gasteiger partial charge >= 0.3 is 7.82 Å². The summed E-state index contributed by atoms with van der Waals surface area (Å²) in [6, 6.07) is 0. The van der Waals surface area contributed by atoms with Crippen molar-refractivity contribution < 1.29 is 19.2 Å². The van der Waals surface area contributed by atoms with E-state index >= 15 is 0 Å². The molecule has 56 valence electrons. The topological polar surface area (TPSA) is 77.8 Å². The summed E-state index contributed by atoms with van der Waals surface area (Å²) in [5, 5.41) is 0. The maximum absolute atomic E-state index is 8.88. The number of hydrogen-bond donors (Lipinski definition) is 3. The average molecular weight is 154 g/mol. The van der Waals surface area contributed by atoms with Crippen LogP contribution in [0.3, 0.4) is 0 Å². The van der Waals surface area contributed by atoms with Gasteiger partial charge in [0.05, 0.1) is 0 Å². The van der Waals surface area contributed by atoms with Gasteiger partial charge in [-0.2, -0.15) is 0 Å². The minimum absolute atomic E-state index is 1.08. The summed E-state index contributed by atoms with van der Waals surface area (Å²) in [4.78, 5) is 21.6. The van der Waals surface area contributed by atoms with Gasteiger partial charge in [0.15, 0.2) is 0 Å². The average Bonchev–Trinajstić information content (AvgIpc) is 1.61. The minimum Gasteiger partial charge on any atom is -0.303 e. The van der Waals surface area contributed by atoms with Crippen molar-refractivity contribution in [3.63, 3.8) is 0 Å². The smallest absolute Gasteiger partial charge is 0.303 e. The van der Waals surface area contributed by atoms with Gasteiger partial charge in [0.25, 0.3) is 0 Å². The van der Waals surface area contributed by atoms with Gasteiger partial charge in [0.2, 0.25) is 0 Å². The Morgan fingerprint density at radius 2 is 1.67 bits per heavy atom. The number of rotatable bonds is 1. The highest BCUT2D eigenvalue weighted by Crippen LogP contribution is 2.25. The predicted octanol–water partition coefficient (Wildman–Crippen LogP) is 0.654. The van der Waals surface area contributed by atoms with Crippen LogP contribution in [0.5, 0.6) is 0 Å². The van der Waals surface area contributed by atoms with Crippen molar-refractivity contribution in [1.82, 2.24) is 0 Å². The number of phosphoric acid groups is 1. The van der Waals surface area contributed by atoms with Crippen LogP contribution < -0.4 is 0 Å². The zero-order valence-corrected chi connectivity index (χ0v) is 6.08. The molecule has 9 heavy (non-hydrogen) atoms. The van der Waals surface area contributed by atoms with Gasteiger partial charge in [-0.25, -0.2) is 4.57 Å². The second kappa shape index (κ2) is 5.98. The molecule has 0 unspecified atom stereocenters. The van der Waals surface area contributed by atoms with E-state index in [0.717, 1.165) is 6.42 Å². The first-order chi connectivity index (χ1) is 3.91. The third kappa shape index (κ3) is 372. The van der Waals surface area contributed by atoms with Gasteiger partial charge in [-0.3, -0.25) is 0 Å². The van der Waals surface area contributed by atoms with E-state index in [9.17, 15) is 0 Å². The molecule has 0 amide bonds. The van der Waals surface area contributed by atoms with Crippen molar-refractivity contribution in [2.24, 2.45) is 0 Å². The summed E-state index contributed by atoms with van der Waals surface area (Å²) in [7, 11) is -4.64. The summed E-state index contributed by atoms with van der Waals surface area (Å²) >= 11 is 0. The Labute approximate surface area is 54.1 Å². The molecule has 4 nitrogen and oxygen atoms in total. The standard InChI is InChI=1S/C4H8.H3O4P/c1-3-4-2;1-5(2,3)4/h3H,1,4H2,2H3;(H3,1,2,3,4). The molecule has 0 aromatic rings. The zero-order valence-electron chi connectivity index (χ0n) is 5.19. The van der Waals surface area contributed by atoms with Crippen LogP contribution in [-0.2, 0) is 4.57 Å². The Kier molecular flexibility index (Phi) is 7.72. The van der Waals surface area contributed by atoms with Crippen molar-refractivity contribution in [2.45, 2.75) is 13.3 Å². The fourth-order valence-electron chi connectivity index (χ4n) is 0. The van der Waals surface area contributed by atoms with Crippen LogP contribution >= 0.6 is 7.82 Å². The van der Waals surface area contributed by atoms with Gasteiger partial charge in [-0.1, -0.05) is 13.0 Å². The van der Waals surface area contributed by atoms with Crippen LogP contribution in [0, 0.1) is 0 Å². The molecule has 0 rings (SSSR count). The lowest BCUT2D eigenvalue weighted by Gasteiger charge is -1.82. The molecule has 0 fully saturated rings. The molecule has 0 saturated heterocycles. The molecule has 3 N–H and O–H groups in total. The van der Waals surface area contributed by atoms with E-state index in [-0.39, 0.29) is 0 Å². The monoisotopic (exact) mass is 154 g/mol. The minimum atomic E-state index is -4.64. The van der Waals surface area contributed by atoms with Crippen molar-refractivity contribution in [3.8, 4) is 0 Å². The third-order valence-corrected chi connectivity index (χ3v) is 0.289. The molecule has 0 heterocycles. The largest absolute Gasteiger partial charge is 0.466 e. The van der Waals surface area contributed by atoms with Crippen LogP contribution in [0.15, 0.2) is 12.7 Å². The SMILES string of the molecule is C=CCC.O=P(O)(O)O. The van der Waals surface area contributed by atoms with Crippen molar-refractivity contribution in [2.75, 3.05) is 0 Å². The molecular weight excluding hydrogens is 143 g/mol. The summed E-state index contributed by atoms with van der Waals surface area (Å²) < 4.78 is 8.88. The molecule has 0 saturated carbocycles. The lowest BCUT2D eigenvalue weighted by atomic mass is 10.5. The second-order valence-corrected chi connectivity index (χ2v) is 2.24. The van der Waals surface area contributed by atoms with Crippen molar-refractivity contribution >= 4 is 7.82 Å². The molecule has 0 aromatic heterocycles. The van der Waals surface area contributed by atoms with E-state index in [2.05, 4.69) is 13.5 Å². The Morgan fingerprint density at radius 1 is 1.56 bits per heavy atom. The second-order valence-electron chi connectivity index (χ2n) is 1.21. The predicted molar refractivity (Wildman–Crippen MR) is 34.8 cm³/mol. The van der Waals surface area contributed by atoms with E-state index in [1.807, 2.05) is 6.08 Å². The van der Waals surface area contributed by atoms with E-state index in [0.29, 0.717) is 0 Å². The summed E-state index contributed by atoms with van der Waals surface area (Å²) in [5.41, 5.74) is 0. The Bertz CT molecular complexity index is 96.9. The molecule has 0 aliphatic rings. The Balaban J connectivity index is 0. The first kappa shape index (κ1) is 11.6. The van der Waals surface area contributed by atoms with Crippen LogP contribution in [0.4, 0.5) is 0 Å². The maximum atomic E-state index is 8.88. The molecule has 0 aliphatic carbocycles. The molecule has 0 aromatic carbocycles. The van der Waals surface area contributed by atoms with Gasteiger partial charge in [-0.05, 0) is 6.42 Å². The molecule has 0 aliphatic heterocycles.